The average Bonchev–Trinajstić information content (AvgIpc) is 2.60. The first-order valence-electron chi connectivity index (χ1n) is 7.16. The average molecular weight is 348 g/mol. The van der Waals surface area contributed by atoms with Gasteiger partial charge in [-0.25, -0.2) is 0 Å². The van der Waals surface area contributed by atoms with E-state index in [0.29, 0.717) is 0 Å². The standard InChI is InChI=1S/C17H16O8/c1-21-10-5-7-12(19)11-9(6-8(18)15(22-2)13(11)20)25-14(7)17(24-4)16(10)23-3/h5-6,18,20H,1-4H3. The molecule has 8 nitrogen and oxygen atoms in total. The molecular formula is C17H16O8. The van der Waals surface area contributed by atoms with Crippen molar-refractivity contribution in [2.75, 3.05) is 28.4 Å². The van der Waals surface area contributed by atoms with Crippen molar-refractivity contribution in [1.29, 1.82) is 0 Å². The van der Waals surface area contributed by atoms with Gasteiger partial charge in [0.25, 0.3) is 0 Å². The molecule has 2 N–H and O–H groups in total. The second-order valence-corrected chi connectivity index (χ2v) is 5.10. The molecule has 0 fully saturated rings. The maximum atomic E-state index is 12.9. The molecule has 1 aromatic heterocycles. The first-order valence-corrected chi connectivity index (χ1v) is 7.16. The van der Waals surface area contributed by atoms with Gasteiger partial charge in [0.2, 0.25) is 22.7 Å². The minimum atomic E-state index is -0.536. The van der Waals surface area contributed by atoms with E-state index in [1.807, 2.05) is 0 Å². The molecule has 0 spiro atoms. The molecule has 0 aliphatic heterocycles. The maximum Gasteiger partial charge on any atom is 0.208 e. The Hall–Kier alpha value is -3.29. The first-order chi connectivity index (χ1) is 12.0. The van der Waals surface area contributed by atoms with Crippen LogP contribution in [0, 0.1) is 0 Å². The molecule has 3 aromatic rings. The Kier molecular flexibility index (Phi) is 3.96. The molecule has 8 heteroatoms. The lowest BCUT2D eigenvalue weighted by atomic mass is 10.1. The number of rotatable bonds is 4. The van der Waals surface area contributed by atoms with E-state index in [0.717, 1.165) is 0 Å². The molecule has 0 amide bonds. The molecule has 2 aromatic carbocycles. The van der Waals surface area contributed by atoms with Gasteiger partial charge in [0, 0.05) is 6.07 Å². The molecule has 0 atom stereocenters. The van der Waals surface area contributed by atoms with Crippen molar-refractivity contribution in [3.8, 4) is 34.5 Å². The second kappa shape index (κ2) is 5.97. The summed E-state index contributed by atoms with van der Waals surface area (Å²) in [6.45, 7) is 0. The number of phenols is 2. The van der Waals surface area contributed by atoms with Crippen molar-refractivity contribution in [3.63, 3.8) is 0 Å². The zero-order chi connectivity index (χ0) is 18.3. The Balaban J connectivity index is 2.58. The molecule has 0 saturated carbocycles. The zero-order valence-corrected chi connectivity index (χ0v) is 14.0. The number of hydrogen-bond acceptors (Lipinski definition) is 8. The maximum absolute atomic E-state index is 12.9. The van der Waals surface area contributed by atoms with Gasteiger partial charge in [0.15, 0.2) is 22.8 Å². The van der Waals surface area contributed by atoms with E-state index in [1.54, 1.807) is 0 Å². The Morgan fingerprint density at radius 3 is 2.08 bits per heavy atom. The van der Waals surface area contributed by atoms with Crippen molar-refractivity contribution in [1.82, 2.24) is 0 Å². The highest BCUT2D eigenvalue weighted by molar-refractivity contribution is 5.99. The highest BCUT2D eigenvalue weighted by atomic mass is 16.5. The topological polar surface area (TPSA) is 108 Å². The van der Waals surface area contributed by atoms with Gasteiger partial charge in [0.1, 0.15) is 11.0 Å². The lowest BCUT2D eigenvalue weighted by Crippen LogP contribution is -2.06. The summed E-state index contributed by atoms with van der Waals surface area (Å²) in [5.74, 6) is -0.417. The van der Waals surface area contributed by atoms with E-state index in [9.17, 15) is 15.0 Å². The smallest absolute Gasteiger partial charge is 0.208 e. The third-order valence-corrected chi connectivity index (χ3v) is 3.87. The van der Waals surface area contributed by atoms with Crippen LogP contribution in [0.3, 0.4) is 0 Å². The fourth-order valence-electron chi connectivity index (χ4n) is 2.76. The van der Waals surface area contributed by atoms with E-state index in [1.165, 1.54) is 40.6 Å². The number of methoxy groups -OCH3 is 4. The van der Waals surface area contributed by atoms with Crippen molar-refractivity contribution in [2.45, 2.75) is 0 Å². The van der Waals surface area contributed by atoms with E-state index in [-0.39, 0.29) is 50.7 Å². The minimum absolute atomic E-state index is 0.0289. The zero-order valence-electron chi connectivity index (χ0n) is 14.0. The highest BCUT2D eigenvalue weighted by Crippen LogP contribution is 2.46. The Morgan fingerprint density at radius 1 is 0.880 bits per heavy atom. The Bertz CT molecular complexity index is 1030. The molecule has 3 rings (SSSR count). The number of benzene rings is 2. The lowest BCUT2D eigenvalue weighted by molar-refractivity contribution is 0.324. The van der Waals surface area contributed by atoms with Crippen LogP contribution in [-0.2, 0) is 0 Å². The van der Waals surface area contributed by atoms with Crippen molar-refractivity contribution in [2.24, 2.45) is 0 Å². The fraction of sp³-hybridized carbons (Fsp3) is 0.235. The lowest BCUT2D eigenvalue weighted by Gasteiger charge is -2.15. The molecule has 1 heterocycles. The van der Waals surface area contributed by atoms with Crippen LogP contribution in [0.25, 0.3) is 21.9 Å². The number of fused-ring (bicyclic) bond motifs is 2. The van der Waals surface area contributed by atoms with Crippen LogP contribution in [0.5, 0.6) is 34.5 Å². The molecular weight excluding hydrogens is 332 g/mol. The SMILES string of the molecule is COc1cc2c(=O)c3c(O)c(OC)c(O)cc3oc2c(OC)c1OC. The largest absolute Gasteiger partial charge is 0.504 e. The number of ether oxygens (including phenoxy) is 4. The minimum Gasteiger partial charge on any atom is -0.504 e. The summed E-state index contributed by atoms with van der Waals surface area (Å²) in [6, 6.07) is 2.62. The molecule has 132 valence electrons. The Morgan fingerprint density at radius 2 is 1.52 bits per heavy atom. The Labute approximate surface area is 141 Å². The summed E-state index contributed by atoms with van der Waals surface area (Å²) in [5, 5.41) is 20.2. The van der Waals surface area contributed by atoms with Gasteiger partial charge in [0.05, 0.1) is 33.8 Å². The van der Waals surface area contributed by atoms with Crippen LogP contribution in [0.1, 0.15) is 0 Å². The predicted octanol–water partition coefficient (Wildman–Crippen LogP) is 2.39. The van der Waals surface area contributed by atoms with Crippen LogP contribution in [0.4, 0.5) is 0 Å². The molecule has 0 radical (unpaired) electrons. The van der Waals surface area contributed by atoms with Crippen molar-refractivity contribution in [3.05, 3.63) is 22.4 Å². The summed E-state index contributed by atoms with van der Waals surface area (Å²) in [6.07, 6.45) is 0. The number of hydrogen-bond donors (Lipinski definition) is 2. The van der Waals surface area contributed by atoms with E-state index in [2.05, 4.69) is 0 Å². The van der Waals surface area contributed by atoms with E-state index >= 15 is 0 Å². The normalized spacial score (nSPS) is 10.9. The van der Waals surface area contributed by atoms with Crippen molar-refractivity contribution < 1.29 is 33.6 Å². The van der Waals surface area contributed by atoms with E-state index < -0.39 is 11.2 Å². The van der Waals surface area contributed by atoms with Gasteiger partial charge in [-0.1, -0.05) is 0 Å². The molecule has 0 aliphatic carbocycles. The van der Waals surface area contributed by atoms with Crippen LogP contribution >= 0.6 is 0 Å². The molecule has 0 saturated heterocycles. The van der Waals surface area contributed by atoms with Crippen LogP contribution in [0.15, 0.2) is 21.3 Å². The number of phenolic OH excluding ortho intramolecular Hbond substituents is 2. The van der Waals surface area contributed by atoms with E-state index in [4.69, 9.17) is 23.4 Å². The van der Waals surface area contributed by atoms with Gasteiger partial charge in [-0.2, -0.15) is 0 Å². The summed E-state index contributed by atoms with van der Waals surface area (Å²) in [5.41, 5.74) is -0.466. The van der Waals surface area contributed by atoms with Gasteiger partial charge < -0.3 is 33.6 Å². The summed E-state index contributed by atoms with van der Waals surface area (Å²) in [7, 11) is 5.50. The van der Waals surface area contributed by atoms with Gasteiger partial charge >= 0.3 is 0 Å². The number of aromatic hydroxyl groups is 2. The van der Waals surface area contributed by atoms with Crippen LogP contribution < -0.4 is 24.4 Å². The summed E-state index contributed by atoms with van der Waals surface area (Å²) < 4.78 is 26.5. The van der Waals surface area contributed by atoms with Crippen LogP contribution in [-0.4, -0.2) is 38.7 Å². The fourth-order valence-corrected chi connectivity index (χ4v) is 2.76. The highest BCUT2D eigenvalue weighted by Gasteiger charge is 2.24. The predicted molar refractivity (Wildman–Crippen MR) is 89.5 cm³/mol. The molecule has 25 heavy (non-hydrogen) atoms. The summed E-state index contributed by atoms with van der Waals surface area (Å²) >= 11 is 0. The van der Waals surface area contributed by atoms with Gasteiger partial charge in [-0.05, 0) is 6.07 Å². The molecule has 0 unspecified atom stereocenters. The first kappa shape index (κ1) is 16.6. The summed E-state index contributed by atoms with van der Waals surface area (Å²) in [4.78, 5) is 12.9. The quantitative estimate of drug-likeness (QED) is 0.692. The monoisotopic (exact) mass is 348 g/mol. The van der Waals surface area contributed by atoms with Crippen molar-refractivity contribution >= 4 is 21.9 Å². The molecule has 0 bridgehead atoms. The third kappa shape index (κ3) is 2.25. The molecule has 0 aliphatic rings. The second-order valence-electron chi connectivity index (χ2n) is 5.10. The third-order valence-electron chi connectivity index (χ3n) is 3.87. The van der Waals surface area contributed by atoms with Crippen LogP contribution in [0.2, 0.25) is 0 Å². The van der Waals surface area contributed by atoms with Gasteiger partial charge in [-0.15, -0.1) is 0 Å². The van der Waals surface area contributed by atoms with Gasteiger partial charge in [-0.3, -0.25) is 4.79 Å².